The zero-order chi connectivity index (χ0) is 17.8. The fraction of sp³-hybridized carbons (Fsp3) is 0.300. The molecule has 1 atom stereocenters. The number of nitriles is 1. The molecule has 5 heteroatoms. The van der Waals surface area contributed by atoms with Gasteiger partial charge in [0.1, 0.15) is 5.82 Å². The number of carbonyl (C=O) groups excluding carboxylic acids is 1. The van der Waals surface area contributed by atoms with Gasteiger partial charge in [0, 0.05) is 30.4 Å². The lowest BCUT2D eigenvalue weighted by Gasteiger charge is -2.35. The van der Waals surface area contributed by atoms with Crippen LogP contribution in [-0.2, 0) is 0 Å². The SMILES string of the molecule is Cc1cc(F)ccc1N1CCCC(NC(=O)c2ccc(C#N)cc2)C1. The molecule has 1 N–H and O–H groups in total. The molecule has 2 aromatic rings. The number of nitrogens with zero attached hydrogens (tertiary/aromatic N) is 2. The van der Waals surface area contributed by atoms with Crippen LogP contribution in [0.3, 0.4) is 0 Å². The van der Waals surface area contributed by atoms with Crippen LogP contribution < -0.4 is 10.2 Å². The molecular weight excluding hydrogens is 317 g/mol. The standard InChI is InChI=1S/C20H20FN3O/c1-14-11-17(21)8-9-19(14)24-10-2-3-18(13-24)23-20(25)16-6-4-15(12-22)5-7-16/h4-9,11,18H,2-3,10,13H2,1H3,(H,23,25). The second-order valence-electron chi connectivity index (χ2n) is 6.38. The minimum Gasteiger partial charge on any atom is -0.369 e. The van der Waals surface area contributed by atoms with Crippen molar-refractivity contribution in [3.63, 3.8) is 0 Å². The molecule has 1 saturated heterocycles. The highest BCUT2D eigenvalue weighted by molar-refractivity contribution is 5.94. The summed E-state index contributed by atoms with van der Waals surface area (Å²) in [6.07, 6.45) is 1.88. The van der Waals surface area contributed by atoms with E-state index in [0.29, 0.717) is 17.7 Å². The Bertz CT molecular complexity index is 811. The van der Waals surface area contributed by atoms with Crippen molar-refractivity contribution in [3.8, 4) is 6.07 Å². The molecule has 1 heterocycles. The van der Waals surface area contributed by atoms with Crippen LogP contribution in [0.15, 0.2) is 42.5 Å². The second-order valence-corrected chi connectivity index (χ2v) is 6.38. The van der Waals surface area contributed by atoms with Crippen LogP contribution in [0.2, 0.25) is 0 Å². The molecule has 2 aromatic carbocycles. The van der Waals surface area contributed by atoms with E-state index in [4.69, 9.17) is 5.26 Å². The van der Waals surface area contributed by atoms with Crippen molar-refractivity contribution in [2.75, 3.05) is 18.0 Å². The summed E-state index contributed by atoms with van der Waals surface area (Å²) in [7, 11) is 0. The summed E-state index contributed by atoms with van der Waals surface area (Å²) in [5, 5.41) is 11.9. The number of nitrogens with one attached hydrogen (secondary N) is 1. The van der Waals surface area contributed by atoms with Gasteiger partial charge >= 0.3 is 0 Å². The summed E-state index contributed by atoms with van der Waals surface area (Å²) in [5.41, 5.74) is 3.00. The van der Waals surface area contributed by atoms with Crippen LogP contribution in [0.25, 0.3) is 0 Å². The van der Waals surface area contributed by atoms with Crippen LogP contribution in [0.5, 0.6) is 0 Å². The van der Waals surface area contributed by atoms with Gasteiger partial charge in [-0.25, -0.2) is 4.39 Å². The summed E-state index contributed by atoms with van der Waals surface area (Å²) in [6.45, 7) is 3.50. The summed E-state index contributed by atoms with van der Waals surface area (Å²) in [6, 6.07) is 13.5. The molecule has 1 aliphatic heterocycles. The Morgan fingerprint density at radius 2 is 2.04 bits per heavy atom. The maximum absolute atomic E-state index is 13.3. The smallest absolute Gasteiger partial charge is 0.251 e. The molecule has 1 amide bonds. The fourth-order valence-corrected chi connectivity index (χ4v) is 3.25. The van der Waals surface area contributed by atoms with Gasteiger partial charge in [0.05, 0.1) is 11.6 Å². The maximum atomic E-state index is 13.3. The Morgan fingerprint density at radius 3 is 2.72 bits per heavy atom. The number of halogens is 1. The van der Waals surface area contributed by atoms with Gasteiger partial charge in [0.15, 0.2) is 0 Å². The van der Waals surface area contributed by atoms with E-state index in [9.17, 15) is 9.18 Å². The first-order valence-corrected chi connectivity index (χ1v) is 8.39. The Labute approximate surface area is 146 Å². The summed E-state index contributed by atoms with van der Waals surface area (Å²) in [5.74, 6) is -0.365. The topological polar surface area (TPSA) is 56.1 Å². The number of rotatable bonds is 3. The Hall–Kier alpha value is -2.87. The van der Waals surface area contributed by atoms with Gasteiger partial charge < -0.3 is 10.2 Å². The third kappa shape index (κ3) is 3.97. The predicted octanol–water partition coefficient (Wildman–Crippen LogP) is 3.40. The van der Waals surface area contributed by atoms with E-state index < -0.39 is 0 Å². The first kappa shape index (κ1) is 17.0. The number of hydrogen-bond donors (Lipinski definition) is 1. The number of hydrogen-bond acceptors (Lipinski definition) is 3. The van der Waals surface area contributed by atoms with Crippen LogP contribution in [0.4, 0.5) is 10.1 Å². The molecule has 3 rings (SSSR count). The first-order valence-electron chi connectivity index (χ1n) is 8.39. The number of piperidine rings is 1. The maximum Gasteiger partial charge on any atom is 0.251 e. The first-order chi connectivity index (χ1) is 12.1. The summed E-state index contributed by atoms with van der Waals surface area (Å²) >= 11 is 0. The molecule has 128 valence electrons. The zero-order valence-electron chi connectivity index (χ0n) is 14.1. The molecule has 0 bridgehead atoms. The van der Waals surface area contributed by atoms with E-state index in [1.807, 2.05) is 13.0 Å². The summed E-state index contributed by atoms with van der Waals surface area (Å²) in [4.78, 5) is 14.6. The van der Waals surface area contributed by atoms with Gasteiger partial charge in [-0.15, -0.1) is 0 Å². The van der Waals surface area contributed by atoms with Crippen LogP contribution in [0, 0.1) is 24.1 Å². The monoisotopic (exact) mass is 337 g/mol. The minimum atomic E-state index is -0.232. The molecule has 0 aromatic heterocycles. The van der Waals surface area contributed by atoms with Gasteiger partial charge in [0.2, 0.25) is 0 Å². The highest BCUT2D eigenvalue weighted by Gasteiger charge is 2.23. The van der Waals surface area contributed by atoms with E-state index in [-0.39, 0.29) is 17.8 Å². The van der Waals surface area contributed by atoms with Crippen molar-refractivity contribution in [1.82, 2.24) is 5.32 Å². The highest BCUT2D eigenvalue weighted by atomic mass is 19.1. The third-order valence-electron chi connectivity index (χ3n) is 4.53. The van der Waals surface area contributed by atoms with Crippen molar-refractivity contribution in [2.45, 2.75) is 25.8 Å². The number of benzene rings is 2. The molecule has 0 radical (unpaired) electrons. The lowest BCUT2D eigenvalue weighted by molar-refractivity contribution is 0.0933. The minimum absolute atomic E-state index is 0.0429. The Kier molecular flexibility index (Phi) is 4.99. The number of anilines is 1. The normalized spacial score (nSPS) is 17.0. The largest absolute Gasteiger partial charge is 0.369 e. The Balaban J connectivity index is 1.66. The van der Waals surface area contributed by atoms with Gasteiger partial charge in [-0.05, 0) is 67.8 Å². The summed E-state index contributed by atoms with van der Waals surface area (Å²) < 4.78 is 13.3. The molecule has 1 fully saturated rings. The van der Waals surface area contributed by atoms with E-state index in [1.54, 1.807) is 30.3 Å². The predicted molar refractivity (Wildman–Crippen MR) is 95.0 cm³/mol. The zero-order valence-corrected chi connectivity index (χ0v) is 14.1. The molecule has 4 nitrogen and oxygen atoms in total. The lowest BCUT2D eigenvalue weighted by Crippen LogP contribution is -2.48. The quantitative estimate of drug-likeness (QED) is 0.934. The second kappa shape index (κ2) is 7.35. The van der Waals surface area contributed by atoms with Gasteiger partial charge in [-0.1, -0.05) is 0 Å². The van der Waals surface area contributed by atoms with Crippen molar-refractivity contribution < 1.29 is 9.18 Å². The van der Waals surface area contributed by atoms with Gasteiger partial charge in [0.25, 0.3) is 5.91 Å². The third-order valence-corrected chi connectivity index (χ3v) is 4.53. The van der Waals surface area contributed by atoms with Crippen molar-refractivity contribution in [3.05, 3.63) is 65.0 Å². The number of amides is 1. The Morgan fingerprint density at radius 1 is 1.28 bits per heavy atom. The molecule has 0 spiro atoms. The molecule has 1 aliphatic rings. The average molecular weight is 337 g/mol. The lowest BCUT2D eigenvalue weighted by atomic mass is 10.0. The van der Waals surface area contributed by atoms with Crippen LogP contribution in [-0.4, -0.2) is 25.0 Å². The molecule has 0 saturated carbocycles. The molecule has 0 aliphatic carbocycles. The van der Waals surface area contributed by atoms with E-state index in [2.05, 4.69) is 10.2 Å². The average Bonchev–Trinajstić information content (AvgIpc) is 2.62. The van der Waals surface area contributed by atoms with Gasteiger partial charge in [-0.3, -0.25) is 4.79 Å². The highest BCUT2D eigenvalue weighted by Crippen LogP contribution is 2.24. The van der Waals surface area contributed by atoms with Crippen LogP contribution >= 0.6 is 0 Å². The number of carbonyl (C=O) groups is 1. The molecular formula is C20H20FN3O. The van der Waals surface area contributed by atoms with Crippen molar-refractivity contribution in [2.24, 2.45) is 0 Å². The van der Waals surface area contributed by atoms with Crippen molar-refractivity contribution >= 4 is 11.6 Å². The van der Waals surface area contributed by atoms with Crippen molar-refractivity contribution in [1.29, 1.82) is 5.26 Å². The number of aryl methyl sites for hydroxylation is 1. The molecule has 25 heavy (non-hydrogen) atoms. The van der Waals surface area contributed by atoms with Gasteiger partial charge in [-0.2, -0.15) is 5.26 Å². The van der Waals surface area contributed by atoms with Crippen LogP contribution in [0.1, 0.15) is 34.3 Å². The van der Waals surface area contributed by atoms with E-state index in [0.717, 1.165) is 30.6 Å². The van der Waals surface area contributed by atoms with E-state index >= 15 is 0 Å². The molecule has 1 unspecified atom stereocenters. The fourth-order valence-electron chi connectivity index (χ4n) is 3.25. The van der Waals surface area contributed by atoms with E-state index in [1.165, 1.54) is 12.1 Å².